The molecule has 13 heteroatoms. The van der Waals surface area contributed by atoms with Crippen LogP contribution >= 0.6 is 21.6 Å². The molecule has 39 heavy (non-hydrogen) atoms. The molecule has 0 radical (unpaired) electrons. The van der Waals surface area contributed by atoms with Crippen LogP contribution in [0.1, 0.15) is 25.0 Å². The van der Waals surface area contributed by atoms with Gasteiger partial charge in [0.1, 0.15) is 29.7 Å². The van der Waals surface area contributed by atoms with Crippen molar-refractivity contribution in [1.82, 2.24) is 16.0 Å². The summed E-state index contributed by atoms with van der Waals surface area (Å²) in [6, 6.07) is 7.03. The summed E-state index contributed by atoms with van der Waals surface area (Å²) in [6.45, 7) is 3.32. The fourth-order valence-corrected chi connectivity index (χ4v) is 6.67. The Bertz CT molecular complexity index is 1200. The first-order chi connectivity index (χ1) is 18.4. The van der Waals surface area contributed by atoms with Gasteiger partial charge in [0.15, 0.2) is 0 Å². The molecule has 3 amide bonds. The Kier molecular flexibility index (Phi) is 10.2. The first-order valence-electron chi connectivity index (χ1n) is 12.1. The van der Waals surface area contributed by atoms with Crippen LogP contribution in [0, 0.1) is 5.82 Å². The number of hydrogen-bond acceptors (Lipinski definition) is 8. The Balaban J connectivity index is 1.82. The molecule has 10 nitrogen and oxygen atoms in total. The van der Waals surface area contributed by atoms with Crippen molar-refractivity contribution >= 4 is 45.3 Å². The smallest absolute Gasteiger partial charge is 0.327 e. The molecule has 0 aliphatic carbocycles. The van der Waals surface area contributed by atoms with Gasteiger partial charge in [-0.15, -0.1) is 0 Å². The zero-order chi connectivity index (χ0) is 28.7. The lowest BCUT2D eigenvalue weighted by Crippen LogP contribution is -2.59. The quantitative estimate of drug-likeness (QED) is 0.266. The number of carboxylic acids is 1. The molecular weight excluding hydrogens is 547 g/mol. The minimum Gasteiger partial charge on any atom is -0.508 e. The van der Waals surface area contributed by atoms with Crippen LogP contribution in [-0.4, -0.2) is 68.6 Å². The molecule has 7 N–H and O–H groups in total. The molecule has 1 heterocycles. The number of hydrogen-bond donors (Lipinski definition) is 6. The maximum Gasteiger partial charge on any atom is 0.327 e. The summed E-state index contributed by atoms with van der Waals surface area (Å²) in [6.07, 6.45) is 0.122. The van der Waals surface area contributed by atoms with Crippen LogP contribution in [0.25, 0.3) is 0 Å². The molecule has 1 aliphatic rings. The summed E-state index contributed by atoms with van der Waals surface area (Å²) in [4.78, 5) is 51.5. The molecule has 0 aromatic heterocycles. The van der Waals surface area contributed by atoms with E-state index in [2.05, 4.69) is 16.0 Å². The van der Waals surface area contributed by atoms with Gasteiger partial charge in [0.25, 0.3) is 0 Å². The third-order valence-electron chi connectivity index (χ3n) is 6.08. The van der Waals surface area contributed by atoms with Crippen LogP contribution in [0.3, 0.4) is 0 Å². The molecule has 2 aromatic carbocycles. The number of carboxylic acid groups (broad SMARTS) is 1. The number of nitrogens with one attached hydrogen (secondary N) is 3. The van der Waals surface area contributed by atoms with E-state index in [1.165, 1.54) is 58.0 Å². The standard InChI is InChI=1S/C26H31FN4O6S2/c1-26(2)21(25(36)37)31-23(34)19(12-15-3-7-16(27)8-4-15)29-24(35)20(13-38-39-26)30-22(33)18(28)11-14-5-9-17(32)10-6-14/h3-10,18-21,32H,11-13,28H2,1-2H3,(H,29,35)(H,30,33)(H,31,34)(H,36,37)/t18-,19?,20+,21-/m0/s1. The van der Waals surface area contributed by atoms with E-state index >= 15 is 0 Å². The van der Waals surface area contributed by atoms with Crippen LogP contribution in [0.2, 0.25) is 0 Å². The van der Waals surface area contributed by atoms with E-state index in [0.717, 1.165) is 0 Å². The second kappa shape index (κ2) is 13.2. The maximum atomic E-state index is 13.4. The molecule has 0 bridgehead atoms. The molecule has 0 spiro atoms. The molecule has 1 saturated heterocycles. The number of phenols is 1. The second-order valence-electron chi connectivity index (χ2n) is 9.68. The maximum absolute atomic E-state index is 13.4. The average Bonchev–Trinajstić information content (AvgIpc) is 2.88. The first-order valence-corrected chi connectivity index (χ1v) is 14.4. The Labute approximate surface area is 233 Å². The highest BCUT2D eigenvalue weighted by molar-refractivity contribution is 8.77. The molecular formula is C26H31FN4O6S2. The van der Waals surface area contributed by atoms with Crippen molar-refractivity contribution in [2.75, 3.05) is 5.75 Å². The summed E-state index contributed by atoms with van der Waals surface area (Å²) in [7, 11) is 2.35. The lowest BCUT2D eigenvalue weighted by molar-refractivity contribution is -0.143. The Morgan fingerprint density at radius 1 is 1.08 bits per heavy atom. The molecule has 210 valence electrons. The Morgan fingerprint density at radius 3 is 2.31 bits per heavy atom. The zero-order valence-electron chi connectivity index (χ0n) is 21.3. The first kappa shape index (κ1) is 30.3. The van der Waals surface area contributed by atoms with Crippen LogP contribution < -0.4 is 21.7 Å². The predicted octanol–water partition coefficient (Wildman–Crippen LogP) is 1.36. The van der Waals surface area contributed by atoms with Crippen molar-refractivity contribution < 1.29 is 33.8 Å². The fraction of sp³-hybridized carbons (Fsp3) is 0.385. The summed E-state index contributed by atoms with van der Waals surface area (Å²) < 4.78 is 12.4. The Hall–Kier alpha value is -3.29. The van der Waals surface area contributed by atoms with Crippen LogP contribution in [0.4, 0.5) is 4.39 Å². The van der Waals surface area contributed by atoms with Crippen molar-refractivity contribution in [2.24, 2.45) is 5.73 Å². The van der Waals surface area contributed by atoms with E-state index in [9.17, 15) is 33.8 Å². The molecule has 4 atom stereocenters. The molecule has 2 aromatic rings. The summed E-state index contributed by atoms with van der Waals surface area (Å²) in [5, 5.41) is 27.1. The third kappa shape index (κ3) is 8.60. The van der Waals surface area contributed by atoms with Gasteiger partial charge in [0, 0.05) is 12.2 Å². The topological polar surface area (TPSA) is 171 Å². The number of rotatable bonds is 7. The van der Waals surface area contributed by atoms with Crippen molar-refractivity contribution in [3.8, 4) is 5.75 Å². The number of aliphatic carboxylic acids is 1. The number of aromatic hydroxyl groups is 1. The SMILES string of the molecule is CC1(C)SSC[C@@H](NC(=O)[C@@H](N)Cc2ccc(O)cc2)C(=O)NC(Cc2ccc(F)cc2)C(=O)N[C@H]1C(=O)O. The third-order valence-corrected chi connectivity index (χ3v) is 9.39. The number of phenolic OH excluding ortho intramolecular Hbond substituents is 1. The number of carbonyl (C=O) groups excluding carboxylic acids is 3. The largest absolute Gasteiger partial charge is 0.508 e. The van der Waals surface area contributed by atoms with Crippen molar-refractivity contribution in [3.63, 3.8) is 0 Å². The van der Waals surface area contributed by atoms with Crippen LogP contribution in [0.5, 0.6) is 5.75 Å². The fourth-order valence-electron chi connectivity index (χ4n) is 3.86. The predicted molar refractivity (Wildman–Crippen MR) is 147 cm³/mol. The normalized spacial score (nSPS) is 22.5. The average molecular weight is 579 g/mol. The highest BCUT2D eigenvalue weighted by atomic mass is 33.1. The van der Waals surface area contributed by atoms with Crippen LogP contribution in [0.15, 0.2) is 48.5 Å². The minimum atomic E-state index is -1.28. The van der Waals surface area contributed by atoms with Crippen molar-refractivity contribution in [3.05, 3.63) is 65.5 Å². The summed E-state index contributed by atoms with van der Waals surface area (Å²) in [5.74, 6) is -3.53. The van der Waals surface area contributed by atoms with Gasteiger partial charge >= 0.3 is 5.97 Å². The highest BCUT2D eigenvalue weighted by Gasteiger charge is 2.40. The monoisotopic (exact) mass is 578 g/mol. The van der Waals surface area contributed by atoms with Gasteiger partial charge in [-0.1, -0.05) is 45.9 Å². The Morgan fingerprint density at radius 2 is 1.69 bits per heavy atom. The molecule has 3 rings (SSSR count). The van der Waals surface area contributed by atoms with E-state index < -0.39 is 58.4 Å². The van der Waals surface area contributed by atoms with E-state index in [1.54, 1.807) is 26.0 Å². The van der Waals surface area contributed by atoms with E-state index in [1.807, 2.05) is 0 Å². The minimum absolute atomic E-state index is 0.0358. The van der Waals surface area contributed by atoms with Crippen LogP contribution in [-0.2, 0) is 32.0 Å². The molecule has 1 aliphatic heterocycles. The van der Waals surface area contributed by atoms with E-state index in [4.69, 9.17) is 5.73 Å². The zero-order valence-corrected chi connectivity index (χ0v) is 23.0. The van der Waals surface area contributed by atoms with Gasteiger partial charge in [-0.3, -0.25) is 14.4 Å². The molecule has 1 fully saturated rings. The number of carbonyl (C=O) groups is 4. The summed E-state index contributed by atoms with van der Waals surface area (Å²) in [5.41, 5.74) is 7.33. The van der Waals surface area contributed by atoms with E-state index in [0.29, 0.717) is 11.1 Å². The lowest BCUT2D eigenvalue weighted by atomic mass is 10.0. The van der Waals surface area contributed by atoms with Gasteiger partial charge in [0.05, 0.1) is 10.8 Å². The number of amides is 3. The van der Waals surface area contributed by atoms with Gasteiger partial charge in [-0.2, -0.15) is 0 Å². The number of halogens is 1. The van der Waals surface area contributed by atoms with Gasteiger partial charge in [0.2, 0.25) is 17.7 Å². The van der Waals surface area contributed by atoms with E-state index in [-0.39, 0.29) is 24.3 Å². The highest BCUT2D eigenvalue weighted by Crippen LogP contribution is 2.39. The second-order valence-corrected chi connectivity index (χ2v) is 12.7. The van der Waals surface area contributed by atoms with Gasteiger partial charge in [-0.05, 0) is 55.7 Å². The number of nitrogens with two attached hydrogens (primary N) is 1. The number of benzene rings is 2. The van der Waals surface area contributed by atoms with Gasteiger partial charge in [-0.25, -0.2) is 9.18 Å². The lowest BCUT2D eigenvalue weighted by Gasteiger charge is -2.31. The van der Waals surface area contributed by atoms with Crippen molar-refractivity contribution in [2.45, 2.75) is 55.6 Å². The summed E-state index contributed by atoms with van der Waals surface area (Å²) >= 11 is 0. The molecule has 1 unspecified atom stereocenters. The van der Waals surface area contributed by atoms with Crippen molar-refractivity contribution in [1.29, 1.82) is 0 Å². The van der Waals surface area contributed by atoms with Gasteiger partial charge < -0.3 is 31.9 Å². The molecule has 0 saturated carbocycles.